The van der Waals surface area contributed by atoms with Gasteiger partial charge in [0.2, 0.25) is 5.89 Å². The molecule has 3 rings (SSSR count). The molecule has 0 unspecified atom stereocenters. The van der Waals surface area contributed by atoms with Gasteiger partial charge in [-0.25, -0.2) is 14.5 Å². The Balaban J connectivity index is 1.76. The molecule has 0 fully saturated rings. The second-order valence-electron chi connectivity index (χ2n) is 5.05. The van der Waals surface area contributed by atoms with E-state index in [-0.39, 0.29) is 5.89 Å². The summed E-state index contributed by atoms with van der Waals surface area (Å²) in [6.45, 7) is 5.25. The molecule has 0 N–H and O–H groups in total. The Bertz CT molecular complexity index is 826. The first-order chi connectivity index (χ1) is 11.0. The standard InChI is InChI=1S/C15H15N5O3/c1-9-6-12(4-5-13(9)20-8-16-7-17-20)15(21)22-10(2)14-19-18-11(3)23-14/h4-8,10H,1-3H3/t10-/m1/s1. The van der Waals surface area contributed by atoms with Crippen molar-refractivity contribution in [2.45, 2.75) is 26.9 Å². The van der Waals surface area contributed by atoms with Crippen molar-refractivity contribution in [1.82, 2.24) is 25.0 Å². The normalized spacial score (nSPS) is 12.1. The van der Waals surface area contributed by atoms with Crippen LogP contribution in [0.4, 0.5) is 0 Å². The Kier molecular flexibility index (Phi) is 3.88. The van der Waals surface area contributed by atoms with Gasteiger partial charge < -0.3 is 9.15 Å². The van der Waals surface area contributed by atoms with E-state index in [0.29, 0.717) is 11.5 Å². The molecule has 1 aromatic carbocycles. The van der Waals surface area contributed by atoms with E-state index in [4.69, 9.17) is 9.15 Å². The minimum absolute atomic E-state index is 0.270. The fourth-order valence-electron chi connectivity index (χ4n) is 2.13. The monoisotopic (exact) mass is 313 g/mol. The van der Waals surface area contributed by atoms with Gasteiger partial charge in [-0.2, -0.15) is 5.10 Å². The summed E-state index contributed by atoms with van der Waals surface area (Å²) < 4.78 is 12.2. The van der Waals surface area contributed by atoms with E-state index in [1.54, 1.807) is 43.1 Å². The summed E-state index contributed by atoms with van der Waals surface area (Å²) in [6.07, 6.45) is 2.44. The van der Waals surface area contributed by atoms with Crippen molar-refractivity contribution in [2.24, 2.45) is 0 Å². The van der Waals surface area contributed by atoms with Gasteiger partial charge in [0.1, 0.15) is 12.7 Å². The van der Waals surface area contributed by atoms with Gasteiger partial charge >= 0.3 is 5.97 Å². The average Bonchev–Trinajstić information content (AvgIpc) is 3.18. The van der Waals surface area contributed by atoms with Gasteiger partial charge in [0, 0.05) is 6.92 Å². The highest BCUT2D eigenvalue weighted by Crippen LogP contribution is 2.20. The van der Waals surface area contributed by atoms with E-state index in [2.05, 4.69) is 20.3 Å². The van der Waals surface area contributed by atoms with E-state index in [0.717, 1.165) is 11.3 Å². The molecule has 2 heterocycles. The molecule has 0 spiro atoms. The summed E-state index contributed by atoms with van der Waals surface area (Å²) in [4.78, 5) is 16.1. The number of hydrogen-bond donors (Lipinski definition) is 0. The van der Waals surface area contributed by atoms with Crippen LogP contribution >= 0.6 is 0 Å². The Hall–Kier alpha value is -3.03. The number of aryl methyl sites for hydroxylation is 2. The van der Waals surface area contributed by atoms with Gasteiger partial charge in [-0.05, 0) is 37.6 Å². The van der Waals surface area contributed by atoms with Crippen LogP contribution in [-0.2, 0) is 4.74 Å². The smallest absolute Gasteiger partial charge is 0.338 e. The number of carbonyl (C=O) groups is 1. The molecule has 0 aliphatic rings. The fraction of sp³-hybridized carbons (Fsp3) is 0.267. The van der Waals surface area contributed by atoms with Gasteiger partial charge in [-0.15, -0.1) is 10.2 Å². The lowest BCUT2D eigenvalue weighted by Crippen LogP contribution is -2.10. The highest BCUT2D eigenvalue weighted by atomic mass is 16.6. The van der Waals surface area contributed by atoms with Crippen LogP contribution in [-0.4, -0.2) is 30.9 Å². The van der Waals surface area contributed by atoms with E-state index < -0.39 is 12.1 Å². The number of aromatic nitrogens is 5. The van der Waals surface area contributed by atoms with Crippen LogP contribution in [0.3, 0.4) is 0 Å². The maximum atomic E-state index is 12.2. The molecule has 23 heavy (non-hydrogen) atoms. The van der Waals surface area contributed by atoms with Crippen LogP contribution in [0.5, 0.6) is 0 Å². The molecule has 0 aliphatic carbocycles. The SMILES string of the molecule is Cc1nnc([C@@H](C)OC(=O)c2ccc(-n3cncn3)c(C)c2)o1. The van der Waals surface area contributed by atoms with Gasteiger partial charge in [-0.1, -0.05) is 0 Å². The Morgan fingerprint density at radius 1 is 1.30 bits per heavy atom. The summed E-state index contributed by atoms with van der Waals surface area (Å²) in [7, 11) is 0. The van der Waals surface area contributed by atoms with Crippen molar-refractivity contribution in [3.8, 4) is 5.69 Å². The minimum atomic E-state index is -0.612. The molecule has 0 aliphatic heterocycles. The van der Waals surface area contributed by atoms with Gasteiger partial charge in [-0.3, -0.25) is 0 Å². The molecule has 8 heteroatoms. The van der Waals surface area contributed by atoms with Crippen LogP contribution in [0, 0.1) is 13.8 Å². The lowest BCUT2D eigenvalue weighted by molar-refractivity contribution is 0.0277. The number of esters is 1. The molecule has 2 aromatic heterocycles. The highest BCUT2D eigenvalue weighted by molar-refractivity contribution is 5.90. The maximum absolute atomic E-state index is 12.2. The average molecular weight is 313 g/mol. The van der Waals surface area contributed by atoms with Crippen molar-refractivity contribution in [1.29, 1.82) is 0 Å². The first kappa shape index (κ1) is 14.9. The fourth-order valence-corrected chi connectivity index (χ4v) is 2.13. The topological polar surface area (TPSA) is 95.9 Å². The van der Waals surface area contributed by atoms with Gasteiger partial charge in [0.05, 0.1) is 11.3 Å². The lowest BCUT2D eigenvalue weighted by Gasteiger charge is -2.11. The van der Waals surface area contributed by atoms with Crippen LogP contribution in [0.2, 0.25) is 0 Å². The highest BCUT2D eigenvalue weighted by Gasteiger charge is 2.19. The Morgan fingerprint density at radius 2 is 2.13 bits per heavy atom. The van der Waals surface area contributed by atoms with Crippen molar-refractivity contribution >= 4 is 5.97 Å². The zero-order valence-electron chi connectivity index (χ0n) is 12.9. The third-order valence-corrected chi connectivity index (χ3v) is 3.27. The Labute approximate surface area is 132 Å². The molecule has 0 bridgehead atoms. The quantitative estimate of drug-likeness (QED) is 0.681. The number of carbonyl (C=O) groups excluding carboxylic acids is 1. The maximum Gasteiger partial charge on any atom is 0.338 e. The number of nitrogens with zero attached hydrogens (tertiary/aromatic N) is 5. The Morgan fingerprint density at radius 3 is 2.74 bits per heavy atom. The summed E-state index contributed by atoms with van der Waals surface area (Å²) in [6, 6.07) is 5.21. The molecule has 0 saturated heterocycles. The predicted molar refractivity (Wildman–Crippen MR) is 79.0 cm³/mol. The predicted octanol–water partition coefficient (Wildman–Crippen LogP) is 2.19. The van der Waals surface area contributed by atoms with Crippen molar-refractivity contribution in [3.05, 3.63) is 53.8 Å². The minimum Gasteiger partial charge on any atom is -0.449 e. The van der Waals surface area contributed by atoms with Crippen molar-refractivity contribution in [3.63, 3.8) is 0 Å². The summed E-state index contributed by atoms with van der Waals surface area (Å²) in [5.41, 5.74) is 2.17. The van der Waals surface area contributed by atoms with E-state index in [9.17, 15) is 4.79 Å². The molecule has 118 valence electrons. The van der Waals surface area contributed by atoms with Crippen LogP contribution in [0.25, 0.3) is 5.69 Å². The first-order valence-corrected chi connectivity index (χ1v) is 7.01. The zero-order valence-corrected chi connectivity index (χ0v) is 12.9. The molecule has 3 aromatic rings. The van der Waals surface area contributed by atoms with Crippen molar-refractivity contribution in [2.75, 3.05) is 0 Å². The number of hydrogen-bond acceptors (Lipinski definition) is 7. The summed E-state index contributed by atoms with van der Waals surface area (Å²) in [5, 5.41) is 11.6. The van der Waals surface area contributed by atoms with Gasteiger partial charge in [0.15, 0.2) is 6.10 Å². The molecular weight excluding hydrogens is 298 g/mol. The largest absolute Gasteiger partial charge is 0.449 e. The van der Waals surface area contributed by atoms with E-state index in [1.165, 1.54) is 6.33 Å². The molecular formula is C15H15N5O3. The van der Waals surface area contributed by atoms with Crippen LogP contribution < -0.4 is 0 Å². The molecule has 0 radical (unpaired) electrons. The van der Waals surface area contributed by atoms with Crippen LogP contribution in [0.1, 0.15) is 40.7 Å². The second kappa shape index (κ2) is 5.99. The first-order valence-electron chi connectivity index (χ1n) is 7.01. The van der Waals surface area contributed by atoms with Gasteiger partial charge in [0.25, 0.3) is 5.89 Å². The summed E-state index contributed by atoms with van der Waals surface area (Å²) >= 11 is 0. The lowest BCUT2D eigenvalue weighted by atomic mass is 10.1. The van der Waals surface area contributed by atoms with E-state index in [1.807, 2.05) is 6.92 Å². The molecule has 0 saturated carbocycles. The van der Waals surface area contributed by atoms with Crippen LogP contribution in [0.15, 0.2) is 35.3 Å². The number of rotatable bonds is 4. The second-order valence-corrected chi connectivity index (χ2v) is 5.05. The number of benzene rings is 1. The number of ether oxygens (including phenoxy) is 1. The molecule has 0 amide bonds. The van der Waals surface area contributed by atoms with Crippen molar-refractivity contribution < 1.29 is 13.9 Å². The third-order valence-electron chi connectivity index (χ3n) is 3.27. The molecule has 1 atom stereocenters. The molecule has 8 nitrogen and oxygen atoms in total. The third kappa shape index (κ3) is 3.10. The zero-order chi connectivity index (χ0) is 16.4. The summed E-state index contributed by atoms with van der Waals surface area (Å²) in [5.74, 6) is 0.240. The van der Waals surface area contributed by atoms with E-state index >= 15 is 0 Å².